The predicted octanol–water partition coefficient (Wildman–Crippen LogP) is 1.36. The Balaban J connectivity index is 0.00000400. The minimum atomic E-state index is -0.0682. The summed E-state index contributed by atoms with van der Waals surface area (Å²) in [4.78, 5) is 23.0. The van der Waals surface area contributed by atoms with Crippen LogP contribution < -0.4 is 16.4 Å². The fourth-order valence-corrected chi connectivity index (χ4v) is 1.65. The fourth-order valence-electron chi connectivity index (χ4n) is 1.65. The molecule has 6 heteroatoms. The number of carbonyl (C=O) groups excluding carboxylic acids is 2. The molecule has 2 amide bonds. The van der Waals surface area contributed by atoms with E-state index in [0.717, 1.165) is 5.56 Å². The maximum atomic E-state index is 11.6. The minimum absolute atomic E-state index is 0. The summed E-state index contributed by atoms with van der Waals surface area (Å²) in [6.45, 7) is 2.74. The summed E-state index contributed by atoms with van der Waals surface area (Å²) in [5.74, 6) is -0.125. The standard InChI is InChI=1S/C15H23N3O2.ClH/c1-12(16)7-8-14(19)17-10-9-15(20)18-11-13-5-3-2-4-6-13;/h2-6,12H,7-11,16H2,1H3,(H,17,19)(H,18,20);1H. The van der Waals surface area contributed by atoms with E-state index < -0.39 is 0 Å². The lowest BCUT2D eigenvalue weighted by molar-refractivity contribution is -0.122. The van der Waals surface area contributed by atoms with E-state index in [1.165, 1.54) is 0 Å². The van der Waals surface area contributed by atoms with Crippen LogP contribution in [0.2, 0.25) is 0 Å². The maximum absolute atomic E-state index is 11.6. The van der Waals surface area contributed by atoms with Crippen molar-refractivity contribution in [3.05, 3.63) is 35.9 Å². The van der Waals surface area contributed by atoms with Crippen LogP contribution in [0.3, 0.4) is 0 Å². The van der Waals surface area contributed by atoms with Crippen LogP contribution in [0.15, 0.2) is 30.3 Å². The Labute approximate surface area is 132 Å². The Kier molecular flexibility index (Phi) is 10.3. The number of hydrogen-bond acceptors (Lipinski definition) is 3. The number of amides is 2. The Hall–Kier alpha value is -1.59. The minimum Gasteiger partial charge on any atom is -0.356 e. The number of halogens is 1. The molecule has 5 nitrogen and oxygen atoms in total. The van der Waals surface area contributed by atoms with Gasteiger partial charge in [0.25, 0.3) is 0 Å². The van der Waals surface area contributed by atoms with Gasteiger partial charge in [-0.05, 0) is 18.9 Å². The van der Waals surface area contributed by atoms with Crippen molar-refractivity contribution in [2.45, 2.75) is 38.8 Å². The van der Waals surface area contributed by atoms with Crippen LogP contribution in [-0.4, -0.2) is 24.4 Å². The maximum Gasteiger partial charge on any atom is 0.222 e. The van der Waals surface area contributed by atoms with Crippen LogP contribution in [0, 0.1) is 0 Å². The van der Waals surface area contributed by atoms with Gasteiger partial charge in [-0.1, -0.05) is 30.3 Å². The van der Waals surface area contributed by atoms with Gasteiger partial charge in [0.15, 0.2) is 0 Å². The van der Waals surface area contributed by atoms with E-state index in [1.807, 2.05) is 37.3 Å². The molecule has 0 aromatic heterocycles. The zero-order valence-electron chi connectivity index (χ0n) is 12.3. The van der Waals surface area contributed by atoms with Crippen LogP contribution >= 0.6 is 12.4 Å². The van der Waals surface area contributed by atoms with Gasteiger partial charge in [-0.25, -0.2) is 0 Å². The summed E-state index contributed by atoms with van der Waals surface area (Å²) in [7, 11) is 0. The van der Waals surface area contributed by atoms with Crippen molar-refractivity contribution >= 4 is 24.2 Å². The second-order valence-corrected chi connectivity index (χ2v) is 4.88. The highest BCUT2D eigenvalue weighted by Gasteiger charge is 2.05. The predicted molar refractivity (Wildman–Crippen MR) is 86.0 cm³/mol. The molecular formula is C15H24ClN3O2. The number of carbonyl (C=O) groups is 2. The van der Waals surface area contributed by atoms with E-state index in [1.54, 1.807) is 0 Å². The monoisotopic (exact) mass is 313 g/mol. The van der Waals surface area contributed by atoms with Gasteiger partial charge in [0.1, 0.15) is 0 Å². The number of nitrogens with one attached hydrogen (secondary N) is 2. The topological polar surface area (TPSA) is 84.2 Å². The summed E-state index contributed by atoms with van der Waals surface area (Å²) >= 11 is 0. The SMILES string of the molecule is CC(N)CCC(=O)NCCC(=O)NCc1ccccc1.Cl. The third kappa shape index (κ3) is 9.87. The van der Waals surface area contributed by atoms with E-state index in [4.69, 9.17) is 5.73 Å². The lowest BCUT2D eigenvalue weighted by Gasteiger charge is -2.08. The summed E-state index contributed by atoms with van der Waals surface area (Å²) in [6, 6.07) is 9.73. The molecule has 0 heterocycles. The molecule has 1 unspecified atom stereocenters. The van der Waals surface area contributed by atoms with Gasteiger partial charge >= 0.3 is 0 Å². The molecule has 1 aromatic carbocycles. The van der Waals surface area contributed by atoms with Crippen molar-refractivity contribution in [2.75, 3.05) is 6.54 Å². The second-order valence-electron chi connectivity index (χ2n) is 4.88. The lowest BCUT2D eigenvalue weighted by atomic mass is 10.2. The zero-order chi connectivity index (χ0) is 14.8. The summed E-state index contributed by atoms with van der Waals surface area (Å²) in [6.07, 6.45) is 1.35. The molecule has 0 bridgehead atoms. The number of rotatable bonds is 8. The molecule has 0 aliphatic rings. The smallest absolute Gasteiger partial charge is 0.222 e. The van der Waals surface area contributed by atoms with Crippen LogP contribution in [0.1, 0.15) is 31.7 Å². The van der Waals surface area contributed by atoms with Crippen molar-refractivity contribution in [1.29, 1.82) is 0 Å². The first-order chi connectivity index (χ1) is 9.58. The Bertz CT molecular complexity index is 424. The third-order valence-corrected chi connectivity index (χ3v) is 2.83. The largest absolute Gasteiger partial charge is 0.356 e. The molecule has 4 N–H and O–H groups in total. The second kappa shape index (κ2) is 11.1. The van der Waals surface area contributed by atoms with Crippen molar-refractivity contribution in [1.82, 2.24) is 10.6 Å². The highest BCUT2D eigenvalue weighted by Crippen LogP contribution is 1.97. The highest BCUT2D eigenvalue weighted by atomic mass is 35.5. The molecule has 0 radical (unpaired) electrons. The molecule has 0 spiro atoms. The molecule has 118 valence electrons. The highest BCUT2D eigenvalue weighted by molar-refractivity contribution is 5.85. The Morgan fingerprint density at radius 1 is 1.10 bits per heavy atom. The molecule has 1 aromatic rings. The van der Waals surface area contributed by atoms with Gasteiger partial charge in [0, 0.05) is 32.0 Å². The number of hydrogen-bond donors (Lipinski definition) is 3. The molecule has 0 aliphatic carbocycles. The molecule has 0 fully saturated rings. The van der Waals surface area contributed by atoms with E-state index in [2.05, 4.69) is 10.6 Å². The van der Waals surface area contributed by atoms with Gasteiger partial charge in [0.2, 0.25) is 11.8 Å². The third-order valence-electron chi connectivity index (χ3n) is 2.83. The van der Waals surface area contributed by atoms with Crippen LogP contribution in [0.4, 0.5) is 0 Å². The van der Waals surface area contributed by atoms with Crippen molar-refractivity contribution in [3.63, 3.8) is 0 Å². The van der Waals surface area contributed by atoms with E-state index in [-0.39, 0.29) is 36.7 Å². The molecule has 0 aliphatic heterocycles. The van der Waals surface area contributed by atoms with Gasteiger partial charge in [-0.15, -0.1) is 12.4 Å². The zero-order valence-corrected chi connectivity index (χ0v) is 13.1. The number of benzene rings is 1. The van der Waals surface area contributed by atoms with Crippen LogP contribution in [-0.2, 0) is 16.1 Å². The summed E-state index contributed by atoms with van der Waals surface area (Å²) in [5.41, 5.74) is 6.63. The van der Waals surface area contributed by atoms with Gasteiger partial charge in [0.05, 0.1) is 0 Å². The first-order valence-corrected chi connectivity index (χ1v) is 6.91. The number of nitrogens with two attached hydrogens (primary N) is 1. The summed E-state index contributed by atoms with van der Waals surface area (Å²) in [5, 5.41) is 5.52. The first kappa shape index (κ1) is 19.4. The Morgan fingerprint density at radius 2 is 1.71 bits per heavy atom. The van der Waals surface area contributed by atoms with E-state index in [9.17, 15) is 9.59 Å². The van der Waals surface area contributed by atoms with E-state index in [0.29, 0.717) is 25.9 Å². The van der Waals surface area contributed by atoms with Gasteiger partial charge in [-0.3, -0.25) is 9.59 Å². The molecule has 0 saturated carbocycles. The quantitative estimate of drug-likeness (QED) is 0.677. The van der Waals surface area contributed by atoms with Gasteiger partial charge in [-0.2, -0.15) is 0 Å². The average Bonchev–Trinajstić information content (AvgIpc) is 2.44. The van der Waals surface area contributed by atoms with Crippen molar-refractivity contribution < 1.29 is 9.59 Å². The fraction of sp³-hybridized carbons (Fsp3) is 0.467. The van der Waals surface area contributed by atoms with Gasteiger partial charge < -0.3 is 16.4 Å². The molecule has 21 heavy (non-hydrogen) atoms. The first-order valence-electron chi connectivity index (χ1n) is 6.91. The summed E-state index contributed by atoms with van der Waals surface area (Å²) < 4.78 is 0. The van der Waals surface area contributed by atoms with E-state index >= 15 is 0 Å². The Morgan fingerprint density at radius 3 is 2.33 bits per heavy atom. The van der Waals surface area contributed by atoms with Crippen LogP contribution in [0.25, 0.3) is 0 Å². The van der Waals surface area contributed by atoms with Crippen LogP contribution in [0.5, 0.6) is 0 Å². The molecule has 1 rings (SSSR count). The molecule has 0 saturated heterocycles. The van der Waals surface area contributed by atoms with Crippen molar-refractivity contribution in [3.8, 4) is 0 Å². The molecular weight excluding hydrogens is 290 g/mol. The molecule has 1 atom stereocenters. The van der Waals surface area contributed by atoms with Crippen molar-refractivity contribution in [2.24, 2.45) is 5.73 Å². The average molecular weight is 314 g/mol. The normalized spacial score (nSPS) is 11.1. The lowest BCUT2D eigenvalue weighted by Crippen LogP contribution is -2.31.